The van der Waals surface area contributed by atoms with Crippen LogP contribution in [0.1, 0.15) is 13.8 Å². The summed E-state index contributed by atoms with van der Waals surface area (Å²) in [5.41, 5.74) is 0.558. The van der Waals surface area contributed by atoms with Crippen LogP contribution in [-0.4, -0.2) is 42.7 Å². The van der Waals surface area contributed by atoms with E-state index in [0.29, 0.717) is 17.4 Å². The molecule has 6 heteroatoms. The summed E-state index contributed by atoms with van der Waals surface area (Å²) >= 11 is 5.90. The SMILES string of the molecule is C[C@@H]1C[NH+](CC(=O)Nc2cccnc2Cl)C[C@@H](C)O1. The molecule has 1 aliphatic rings. The quantitative estimate of drug-likeness (QED) is 0.789. The van der Waals surface area contributed by atoms with Gasteiger partial charge in [0.1, 0.15) is 25.3 Å². The number of morpholine rings is 1. The van der Waals surface area contributed by atoms with Crippen molar-refractivity contribution in [1.29, 1.82) is 0 Å². The van der Waals surface area contributed by atoms with Gasteiger partial charge in [-0.15, -0.1) is 0 Å². The Morgan fingerprint density at radius 1 is 1.53 bits per heavy atom. The molecule has 0 unspecified atom stereocenters. The number of carbonyl (C=O) groups is 1. The second-order valence-corrected chi connectivity index (χ2v) is 5.34. The standard InChI is InChI=1S/C13H18ClN3O2/c1-9-6-17(7-10(2)19-9)8-12(18)16-11-4-3-5-15-13(11)14/h3-5,9-10H,6-8H2,1-2H3,(H,16,18)/p+1/t9-,10-/m1/s1. The number of carbonyl (C=O) groups excluding carboxylic acids is 1. The molecule has 19 heavy (non-hydrogen) atoms. The summed E-state index contributed by atoms with van der Waals surface area (Å²) in [5.74, 6) is -0.0498. The summed E-state index contributed by atoms with van der Waals surface area (Å²) in [4.78, 5) is 17.1. The van der Waals surface area contributed by atoms with Gasteiger partial charge in [-0.2, -0.15) is 0 Å². The van der Waals surface area contributed by atoms with Crippen LogP contribution in [0.3, 0.4) is 0 Å². The largest absolute Gasteiger partial charge is 0.364 e. The smallest absolute Gasteiger partial charge is 0.279 e. The van der Waals surface area contributed by atoms with Crippen LogP contribution in [0.5, 0.6) is 0 Å². The van der Waals surface area contributed by atoms with Crippen LogP contribution in [0, 0.1) is 0 Å². The van der Waals surface area contributed by atoms with E-state index in [1.165, 1.54) is 4.90 Å². The van der Waals surface area contributed by atoms with Gasteiger partial charge in [0.25, 0.3) is 5.91 Å². The first kappa shape index (κ1) is 14.2. The number of nitrogens with one attached hydrogen (secondary N) is 2. The lowest BCUT2D eigenvalue weighted by Crippen LogP contribution is -3.16. The molecule has 0 saturated carbocycles. The number of amides is 1. The van der Waals surface area contributed by atoms with Crippen molar-refractivity contribution in [2.45, 2.75) is 26.1 Å². The Morgan fingerprint density at radius 3 is 2.84 bits per heavy atom. The molecule has 0 aromatic carbocycles. The molecular weight excluding hydrogens is 266 g/mol. The number of halogens is 1. The Hall–Kier alpha value is -1.17. The normalized spacial score (nSPS) is 27.0. The average molecular weight is 285 g/mol. The van der Waals surface area contributed by atoms with E-state index in [9.17, 15) is 4.79 Å². The van der Waals surface area contributed by atoms with Crippen molar-refractivity contribution >= 4 is 23.2 Å². The number of anilines is 1. The number of pyridine rings is 1. The highest BCUT2D eigenvalue weighted by Gasteiger charge is 2.27. The molecule has 0 spiro atoms. The molecule has 1 aliphatic heterocycles. The van der Waals surface area contributed by atoms with Crippen LogP contribution in [-0.2, 0) is 9.53 Å². The van der Waals surface area contributed by atoms with E-state index < -0.39 is 0 Å². The summed E-state index contributed by atoms with van der Waals surface area (Å²) < 4.78 is 5.65. The molecule has 1 amide bonds. The van der Waals surface area contributed by atoms with Crippen LogP contribution < -0.4 is 10.2 Å². The number of hydrogen-bond donors (Lipinski definition) is 2. The number of hydrogen-bond acceptors (Lipinski definition) is 3. The van der Waals surface area contributed by atoms with Crippen LogP contribution in [0.2, 0.25) is 5.15 Å². The van der Waals surface area contributed by atoms with E-state index in [2.05, 4.69) is 10.3 Å². The molecule has 1 fully saturated rings. The predicted octanol–water partition coefficient (Wildman–Crippen LogP) is 0.366. The molecule has 0 aliphatic carbocycles. The van der Waals surface area contributed by atoms with E-state index in [-0.39, 0.29) is 18.1 Å². The molecule has 5 nitrogen and oxygen atoms in total. The van der Waals surface area contributed by atoms with E-state index in [4.69, 9.17) is 16.3 Å². The van der Waals surface area contributed by atoms with Gasteiger partial charge in [0.15, 0.2) is 11.7 Å². The highest BCUT2D eigenvalue weighted by Crippen LogP contribution is 2.16. The molecule has 0 bridgehead atoms. The van der Waals surface area contributed by atoms with Crippen molar-refractivity contribution in [3.63, 3.8) is 0 Å². The highest BCUT2D eigenvalue weighted by atomic mass is 35.5. The van der Waals surface area contributed by atoms with Gasteiger partial charge in [-0.05, 0) is 26.0 Å². The summed E-state index contributed by atoms with van der Waals surface area (Å²) in [6, 6.07) is 3.49. The van der Waals surface area contributed by atoms with Gasteiger partial charge in [0.05, 0.1) is 5.69 Å². The van der Waals surface area contributed by atoms with Gasteiger partial charge in [-0.3, -0.25) is 4.79 Å². The van der Waals surface area contributed by atoms with Gasteiger partial charge in [0.2, 0.25) is 0 Å². The fourth-order valence-electron chi connectivity index (χ4n) is 2.43. The third-order valence-electron chi connectivity index (χ3n) is 3.06. The predicted molar refractivity (Wildman–Crippen MR) is 73.4 cm³/mol. The third-order valence-corrected chi connectivity index (χ3v) is 3.36. The van der Waals surface area contributed by atoms with E-state index in [1.54, 1.807) is 18.3 Å². The summed E-state index contributed by atoms with van der Waals surface area (Å²) in [6.07, 6.45) is 1.97. The zero-order valence-electron chi connectivity index (χ0n) is 11.1. The fourth-order valence-corrected chi connectivity index (χ4v) is 2.60. The van der Waals surface area contributed by atoms with Gasteiger partial charge in [-0.25, -0.2) is 4.98 Å². The highest BCUT2D eigenvalue weighted by molar-refractivity contribution is 6.32. The number of aromatic nitrogens is 1. The van der Waals surface area contributed by atoms with Crippen molar-refractivity contribution in [2.24, 2.45) is 0 Å². The summed E-state index contributed by atoms with van der Waals surface area (Å²) in [7, 11) is 0. The lowest BCUT2D eigenvalue weighted by atomic mass is 10.2. The van der Waals surface area contributed by atoms with Crippen molar-refractivity contribution in [3.8, 4) is 0 Å². The zero-order valence-corrected chi connectivity index (χ0v) is 11.9. The molecule has 1 aromatic rings. The first-order valence-corrected chi connectivity index (χ1v) is 6.82. The number of nitrogens with zero attached hydrogens (tertiary/aromatic N) is 1. The zero-order chi connectivity index (χ0) is 13.8. The first-order chi connectivity index (χ1) is 9.04. The van der Waals surface area contributed by atoms with Gasteiger partial charge in [0, 0.05) is 6.20 Å². The van der Waals surface area contributed by atoms with Gasteiger partial charge >= 0.3 is 0 Å². The topological polar surface area (TPSA) is 55.7 Å². The molecule has 2 heterocycles. The molecular formula is C13H19ClN3O2+. The van der Waals surface area contributed by atoms with Crippen molar-refractivity contribution in [3.05, 3.63) is 23.5 Å². The first-order valence-electron chi connectivity index (χ1n) is 6.44. The van der Waals surface area contributed by atoms with Crippen LogP contribution in [0.4, 0.5) is 5.69 Å². The molecule has 1 saturated heterocycles. The summed E-state index contributed by atoms with van der Waals surface area (Å²) in [5, 5.41) is 3.11. The molecule has 1 aromatic heterocycles. The van der Waals surface area contributed by atoms with E-state index >= 15 is 0 Å². The van der Waals surface area contributed by atoms with Gasteiger partial charge in [-0.1, -0.05) is 11.6 Å². The van der Waals surface area contributed by atoms with E-state index in [1.807, 2.05) is 13.8 Å². The maximum absolute atomic E-state index is 12.0. The molecule has 104 valence electrons. The van der Waals surface area contributed by atoms with Crippen LogP contribution in [0.15, 0.2) is 18.3 Å². The Labute approximate surface area is 117 Å². The maximum Gasteiger partial charge on any atom is 0.279 e. The van der Waals surface area contributed by atoms with Gasteiger partial charge < -0.3 is 15.0 Å². The van der Waals surface area contributed by atoms with Crippen molar-refractivity contribution in [2.75, 3.05) is 25.0 Å². The van der Waals surface area contributed by atoms with Crippen LogP contribution >= 0.6 is 11.6 Å². The van der Waals surface area contributed by atoms with Crippen LogP contribution in [0.25, 0.3) is 0 Å². The Morgan fingerprint density at radius 2 is 2.21 bits per heavy atom. The lowest BCUT2D eigenvalue weighted by Gasteiger charge is -2.31. The second-order valence-electron chi connectivity index (χ2n) is 4.98. The Balaban J connectivity index is 1.89. The minimum absolute atomic E-state index is 0.0498. The Bertz CT molecular complexity index is 445. The molecule has 2 rings (SSSR count). The van der Waals surface area contributed by atoms with Crippen molar-refractivity contribution < 1.29 is 14.4 Å². The number of rotatable bonds is 3. The Kier molecular flexibility index (Phi) is 4.74. The summed E-state index contributed by atoms with van der Waals surface area (Å²) in [6.45, 7) is 6.18. The number of quaternary nitrogens is 1. The maximum atomic E-state index is 12.0. The van der Waals surface area contributed by atoms with E-state index in [0.717, 1.165) is 13.1 Å². The average Bonchev–Trinajstić information content (AvgIpc) is 2.30. The monoisotopic (exact) mass is 284 g/mol. The second kappa shape index (κ2) is 6.32. The number of ether oxygens (including phenoxy) is 1. The van der Waals surface area contributed by atoms with Crippen molar-refractivity contribution in [1.82, 2.24) is 4.98 Å². The molecule has 0 radical (unpaired) electrons. The fraction of sp³-hybridized carbons (Fsp3) is 0.538. The minimum Gasteiger partial charge on any atom is -0.364 e. The molecule has 2 N–H and O–H groups in total. The molecule has 2 atom stereocenters. The third kappa shape index (κ3) is 4.16. The lowest BCUT2D eigenvalue weighted by molar-refractivity contribution is -0.907. The minimum atomic E-state index is -0.0498.